The second-order valence-corrected chi connectivity index (χ2v) is 3.35. The quantitative estimate of drug-likeness (QED) is 0.519. The van der Waals surface area contributed by atoms with Crippen LogP contribution < -0.4 is 0 Å². The number of halogens is 5. The molecular formula is C6H6BrF4NO. The maximum absolute atomic E-state index is 12.5. The Morgan fingerprint density at radius 2 is 1.62 bits per heavy atom. The lowest BCUT2D eigenvalue weighted by Gasteiger charge is -2.14. The summed E-state index contributed by atoms with van der Waals surface area (Å²) < 4.78 is 50.0. The van der Waals surface area contributed by atoms with Gasteiger partial charge in [0, 0.05) is 0 Å². The van der Waals surface area contributed by atoms with Crippen molar-refractivity contribution in [3.63, 3.8) is 0 Å². The van der Waals surface area contributed by atoms with E-state index in [0.29, 0.717) is 4.90 Å². The molecule has 1 amide bonds. The van der Waals surface area contributed by atoms with Gasteiger partial charge in [0.25, 0.3) is 0 Å². The zero-order valence-corrected chi connectivity index (χ0v) is 7.95. The summed E-state index contributed by atoms with van der Waals surface area (Å²) in [6.07, 6.45) is 0. The van der Waals surface area contributed by atoms with Gasteiger partial charge < -0.3 is 4.90 Å². The van der Waals surface area contributed by atoms with Gasteiger partial charge in [-0.1, -0.05) is 15.9 Å². The van der Waals surface area contributed by atoms with Crippen molar-refractivity contribution in [2.75, 3.05) is 18.4 Å². The van der Waals surface area contributed by atoms with Gasteiger partial charge in [-0.05, 0) is 0 Å². The van der Waals surface area contributed by atoms with Crippen LogP contribution in [0, 0.1) is 0 Å². The lowest BCUT2D eigenvalue weighted by molar-refractivity contribution is -0.172. The topological polar surface area (TPSA) is 20.3 Å². The summed E-state index contributed by atoms with van der Waals surface area (Å²) in [5.41, 5.74) is 0. The minimum absolute atomic E-state index is 0.223. The third kappa shape index (κ3) is 1.79. The van der Waals surface area contributed by atoms with Crippen LogP contribution in [0.25, 0.3) is 0 Å². The van der Waals surface area contributed by atoms with Crippen molar-refractivity contribution in [1.29, 1.82) is 0 Å². The van der Waals surface area contributed by atoms with Crippen molar-refractivity contribution < 1.29 is 22.4 Å². The first-order valence-corrected chi connectivity index (χ1v) is 4.52. The molecule has 0 saturated carbocycles. The van der Waals surface area contributed by atoms with Crippen molar-refractivity contribution in [3.05, 3.63) is 0 Å². The van der Waals surface area contributed by atoms with Gasteiger partial charge in [-0.25, -0.2) is 0 Å². The number of likely N-dealkylation sites (tertiary alicyclic amines) is 1. The van der Waals surface area contributed by atoms with Gasteiger partial charge in [-0.15, -0.1) is 0 Å². The molecule has 0 aromatic heterocycles. The Balaban J connectivity index is 2.76. The number of nitrogens with zero attached hydrogens (tertiary/aromatic N) is 1. The summed E-state index contributed by atoms with van der Waals surface area (Å²) in [5, 5.41) is -0.223. The average molecular weight is 264 g/mol. The monoisotopic (exact) mass is 263 g/mol. The first-order chi connectivity index (χ1) is 5.80. The number of carbonyl (C=O) groups excluding carboxylic acids is 1. The van der Waals surface area contributed by atoms with E-state index in [-0.39, 0.29) is 5.33 Å². The Labute approximate surface area is 80.0 Å². The van der Waals surface area contributed by atoms with E-state index in [0.717, 1.165) is 0 Å². The molecule has 76 valence electrons. The first-order valence-electron chi connectivity index (χ1n) is 3.39. The van der Waals surface area contributed by atoms with Crippen molar-refractivity contribution in [2.45, 2.75) is 11.8 Å². The number of carbonyl (C=O) groups is 1. The highest BCUT2D eigenvalue weighted by molar-refractivity contribution is 9.09. The summed E-state index contributed by atoms with van der Waals surface area (Å²) in [5.74, 6) is -8.97. The van der Waals surface area contributed by atoms with Gasteiger partial charge in [-0.2, -0.15) is 17.6 Å². The van der Waals surface area contributed by atoms with Gasteiger partial charge in [-0.3, -0.25) is 4.79 Å². The molecule has 0 atom stereocenters. The molecule has 1 saturated heterocycles. The molecule has 1 heterocycles. The minimum Gasteiger partial charge on any atom is -0.329 e. The molecule has 0 N–H and O–H groups in total. The second-order valence-electron chi connectivity index (χ2n) is 2.79. The summed E-state index contributed by atoms with van der Waals surface area (Å²) in [6, 6.07) is 0. The smallest absolute Gasteiger partial charge is 0.329 e. The highest BCUT2D eigenvalue weighted by Gasteiger charge is 2.63. The molecule has 0 aromatic rings. The van der Waals surface area contributed by atoms with E-state index in [2.05, 4.69) is 15.9 Å². The van der Waals surface area contributed by atoms with Crippen LogP contribution in [0.3, 0.4) is 0 Å². The number of alkyl halides is 5. The van der Waals surface area contributed by atoms with Crippen LogP contribution in [0.2, 0.25) is 0 Å². The molecule has 7 heteroatoms. The van der Waals surface area contributed by atoms with Crippen LogP contribution in [0.4, 0.5) is 17.6 Å². The van der Waals surface area contributed by atoms with Crippen LogP contribution >= 0.6 is 15.9 Å². The molecule has 1 fully saturated rings. The highest BCUT2D eigenvalue weighted by atomic mass is 79.9. The van der Waals surface area contributed by atoms with E-state index < -0.39 is 30.8 Å². The fourth-order valence-corrected chi connectivity index (χ4v) is 1.38. The Morgan fingerprint density at radius 1 is 1.23 bits per heavy atom. The van der Waals surface area contributed by atoms with Gasteiger partial charge in [0.1, 0.15) is 0 Å². The molecule has 13 heavy (non-hydrogen) atoms. The number of rotatable bonds is 1. The molecule has 2 nitrogen and oxygen atoms in total. The van der Waals surface area contributed by atoms with Crippen molar-refractivity contribution >= 4 is 21.8 Å². The normalized spacial score (nSPS) is 24.8. The third-order valence-electron chi connectivity index (χ3n) is 1.78. The average Bonchev–Trinajstić information content (AvgIpc) is 2.20. The molecule has 0 aromatic carbocycles. The van der Waals surface area contributed by atoms with Crippen LogP contribution in [-0.4, -0.2) is 41.1 Å². The molecular weight excluding hydrogens is 258 g/mol. The summed E-state index contributed by atoms with van der Waals surface area (Å²) in [4.78, 5) is 11.3. The van der Waals surface area contributed by atoms with Crippen molar-refractivity contribution in [1.82, 2.24) is 4.90 Å². The predicted octanol–water partition coefficient (Wildman–Crippen LogP) is 1.49. The van der Waals surface area contributed by atoms with E-state index in [4.69, 9.17) is 0 Å². The van der Waals surface area contributed by atoms with Gasteiger partial charge in [0.2, 0.25) is 5.91 Å². The SMILES string of the molecule is O=C(CBr)N1CC(F)(F)C(F)(F)C1. The Morgan fingerprint density at radius 3 is 1.92 bits per heavy atom. The molecule has 0 unspecified atom stereocenters. The Kier molecular flexibility index (Phi) is 2.57. The van der Waals surface area contributed by atoms with E-state index in [1.807, 2.05) is 0 Å². The second kappa shape index (κ2) is 3.11. The zero-order valence-electron chi connectivity index (χ0n) is 6.37. The summed E-state index contributed by atoms with van der Waals surface area (Å²) in [6.45, 7) is -2.41. The standard InChI is InChI=1S/C6H6BrF4NO/c7-1-4(13)12-2-5(8,9)6(10,11)3-12/h1-3H2. The predicted molar refractivity (Wildman–Crippen MR) is 40.3 cm³/mol. The van der Waals surface area contributed by atoms with Gasteiger partial charge in [0.05, 0.1) is 18.4 Å². The lowest BCUT2D eigenvalue weighted by Crippen LogP contribution is -2.38. The van der Waals surface area contributed by atoms with Crippen LogP contribution in [0.5, 0.6) is 0 Å². The van der Waals surface area contributed by atoms with Gasteiger partial charge >= 0.3 is 11.8 Å². The van der Waals surface area contributed by atoms with E-state index in [1.165, 1.54) is 0 Å². The Bertz CT molecular complexity index is 217. The third-order valence-corrected chi connectivity index (χ3v) is 2.26. The molecule has 1 rings (SSSR count). The molecule has 0 aliphatic carbocycles. The lowest BCUT2D eigenvalue weighted by atomic mass is 10.2. The van der Waals surface area contributed by atoms with E-state index in [1.54, 1.807) is 0 Å². The zero-order chi connectivity index (χ0) is 10.3. The molecule has 0 bridgehead atoms. The fraction of sp³-hybridized carbons (Fsp3) is 0.833. The van der Waals surface area contributed by atoms with Crippen molar-refractivity contribution in [2.24, 2.45) is 0 Å². The minimum atomic E-state index is -4.11. The number of hydrogen-bond donors (Lipinski definition) is 0. The fourth-order valence-electron chi connectivity index (χ4n) is 1.03. The molecule has 0 radical (unpaired) electrons. The van der Waals surface area contributed by atoms with Crippen LogP contribution in [0.1, 0.15) is 0 Å². The van der Waals surface area contributed by atoms with Crippen LogP contribution in [0.15, 0.2) is 0 Å². The largest absolute Gasteiger partial charge is 0.329 e. The maximum atomic E-state index is 12.5. The van der Waals surface area contributed by atoms with Crippen LogP contribution in [-0.2, 0) is 4.79 Å². The first kappa shape index (κ1) is 10.7. The van der Waals surface area contributed by atoms with Crippen molar-refractivity contribution in [3.8, 4) is 0 Å². The van der Waals surface area contributed by atoms with E-state index in [9.17, 15) is 22.4 Å². The number of amides is 1. The summed E-state index contributed by atoms with van der Waals surface area (Å²) in [7, 11) is 0. The van der Waals surface area contributed by atoms with Gasteiger partial charge in [0.15, 0.2) is 0 Å². The van der Waals surface area contributed by atoms with E-state index >= 15 is 0 Å². The summed E-state index contributed by atoms with van der Waals surface area (Å²) >= 11 is 2.72. The maximum Gasteiger partial charge on any atom is 0.329 e. The molecule has 1 aliphatic rings. The highest BCUT2D eigenvalue weighted by Crippen LogP contribution is 2.40. The molecule has 1 aliphatic heterocycles. The molecule has 0 spiro atoms. The number of hydrogen-bond acceptors (Lipinski definition) is 1. The Hall–Kier alpha value is -0.330.